The molecule has 7 heteroatoms. The lowest BCUT2D eigenvalue weighted by Crippen LogP contribution is -2.24. The number of aryl methyl sites for hydroxylation is 2. The highest BCUT2D eigenvalue weighted by atomic mass is 16.5. The molecule has 0 bridgehead atoms. The van der Waals surface area contributed by atoms with Crippen LogP contribution in [0.3, 0.4) is 0 Å². The van der Waals surface area contributed by atoms with Crippen LogP contribution < -0.4 is 10.6 Å². The SMILES string of the molecule is Cc1cc(Nc2cnc(C(=O)NCc3ccccc3C)cn2)no1. The number of carbonyl (C=O) groups is 1. The van der Waals surface area contributed by atoms with Gasteiger partial charge in [-0.25, -0.2) is 9.97 Å². The minimum atomic E-state index is -0.269. The van der Waals surface area contributed by atoms with Crippen molar-refractivity contribution in [2.24, 2.45) is 0 Å². The van der Waals surface area contributed by atoms with Gasteiger partial charge in [0.2, 0.25) is 0 Å². The molecule has 1 amide bonds. The quantitative estimate of drug-likeness (QED) is 0.750. The van der Waals surface area contributed by atoms with Crippen LogP contribution in [0.25, 0.3) is 0 Å². The summed E-state index contributed by atoms with van der Waals surface area (Å²) in [5, 5.41) is 9.59. The Hall–Kier alpha value is -3.22. The molecule has 0 unspecified atom stereocenters. The van der Waals surface area contributed by atoms with Gasteiger partial charge in [0.15, 0.2) is 5.82 Å². The Morgan fingerprint density at radius 1 is 1.12 bits per heavy atom. The first-order chi connectivity index (χ1) is 11.6. The molecule has 122 valence electrons. The van der Waals surface area contributed by atoms with Crippen molar-refractivity contribution < 1.29 is 9.32 Å². The molecule has 0 saturated heterocycles. The molecule has 2 aromatic heterocycles. The van der Waals surface area contributed by atoms with Crippen molar-refractivity contribution in [3.63, 3.8) is 0 Å². The van der Waals surface area contributed by atoms with E-state index in [1.54, 1.807) is 13.0 Å². The Balaban J connectivity index is 1.60. The zero-order chi connectivity index (χ0) is 16.9. The molecule has 0 spiro atoms. The average Bonchev–Trinajstić information content (AvgIpc) is 2.99. The predicted octanol–water partition coefficient (Wildman–Crippen LogP) is 2.76. The zero-order valence-corrected chi connectivity index (χ0v) is 13.4. The van der Waals surface area contributed by atoms with Crippen molar-refractivity contribution in [2.75, 3.05) is 5.32 Å². The maximum absolute atomic E-state index is 12.1. The highest BCUT2D eigenvalue weighted by molar-refractivity contribution is 5.92. The van der Waals surface area contributed by atoms with E-state index in [2.05, 4.69) is 25.8 Å². The average molecular weight is 323 g/mol. The first-order valence-electron chi connectivity index (χ1n) is 7.47. The molecule has 0 aliphatic carbocycles. The molecule has 2 N–H and O–H groups in total. The van der Waals surface area contributed by atoms with Gasteiger partial charge in [-0.2, -0.15) is 0 Å². The molecule has 0 aliphatic rings. The lowest BCUT2D eigenvalue weighted by molar-refractivity contribution is 0.0945. The van der Waals surface area contributed by atoms with Gasteiger partial charge in [-0.15, -0.1) is 0 Å². The van der Waals surface area contributed by atoms with E-state index >= 15 is 0 Å². The maximum atomic E-state index is 12.1. The summed E-state index contributed by atoms with van der Waals surface area (Å²) in [5.41, 5.74) is 2.45. The molecule has 0 saturated carbocycles. The van der Waals surface area contributed by atoms with Crippen molar-refractivity contribution in [2.45, 2.75) is 20.4 Å². The van der Waals surface area contributed by atoms with Crippen LogP contribution in [0.15, 0.2) is 47.2 Å². The topological polar surface area (TPSA) is 92.9 Å². The number of nitrogens with one attached hydrogen (secondary N) is 2. The summed E-state index contributed by atoms with van der Waals surface area (Å²) < 4.78 is 4.96. The van der Waals surface area contributed by atoms with E-state index in [0.717, 1.165) is 11.1 Å². The van der Waals surface area contributed by atoms with Crippen LogP contribution in [-0.4, -0.2) is 21.0 Å². The van der Waals surface area contributed by atoms with Crippen molar-refractivity contribution in [1.29, 1.82) is 0 Å². The van der Waals surface area contributed by atoms with E-state index in [0.29, 0.717) is 23.9 Å². The van der Waals surface area contributed by atoms with Gasteiger partial charge in [0.05, 0.1) is 12.4 Å². The standard InChI is InChI=1S/C17H17N5O2/c1-11-5-3-4-6-13(11)8-20-17(23)14-9-19-16(10-18-14)21-15-7-12(2)24-22-15/h3-7,9-10H,8H2,1-2H3,(H,20,23)(H,19,21,22). The van der Waals surface area contributed by atoms with Gasteiger partial charge in [0.1, 0.15) is 17.3 Å². The molecule has 0 aliphatic heterocycles. The van der Waals surface area contributed by atoms with Crippen LogP contribution in [0.4, 0.5) is 11.6 Å². The van der Waals surface area contributed by atoms with Gasteiger partial charge in [-0.3, -0.25) is 4.79 Å². The van der Waals surface area contributed by atoms with Crippen molar-refractivity contribution in [1.82, 2.24) is 20.4 Å². The summed E-state index contributed by atoms with van der Waals surface area (Å²) in [7, 11) is 0. The summed E-state index contributed by atoms with van der Waals surface area (Å²) in [6.07, 6.45) is 2.90. The number of hydrogen-bond acceptors (Lipinski definition) is 6. The Kier molecular flexibility index (Phi) is 4.51. The second-order valence-corrected chi connectivity index (χ2v) is 5.34. The van der Waals surface area contributed by atoms with Crippen LogP contribution in [0, 0.1) is 13.8 Å². The van der Waals surface area contributed by atoms with Gasteiger partial charge in [-0.05, 0) is 25.0 Å². The number of aromatic nitrogens is 3. The Labute approximate surface area is 139 Å². The highest BCUT2D eigenvalue weighted by Gasteiger charge is 2.09. The lowest BCUT2D eigenvalue weighted by atomic mass is 10.1. The first-order valence-corrected chi connectivity index (χ1v) is 7.47. The minimum Gasteiger partial charge on any atom is -0.360 e. The van der Waals surface area contributed by atoms with E-state index in [9.17, 15) is 4.79 Å². The van der Waals surface area contributed by atoms with Gasteiger partial charge in [-0.1, -0.05) is 29.4 Å². The third-order valence-corrected chi connectivity index (χ3v) is 3.47. The van der Waals surface area contributed by atoms with E-state index in [1.165, 1.54) is 12.4 Å². The monoisotopic (exact) mass is 323 g/mol. The summed E-state index contributed by atoms with van der Waals surface area (Å²) in [6, 6.07) is 9.64. The summed E-state index contributed by atoms with van der Waals surface area (Å²) >= 11 is 0. The van der Waals surface area contributed by atoms with Crippen molar-refractivity contribution in [3.8, 4) is 0 Å². The molecule has 3 rings (SSSR count). The molecule has 1 aromatic carbocycles. The van der Waals surface area contributed by atoms with E-state index in [4.69, 9.17) is 4.52 Å². The van der Waals surface area contributed by atoms with Gasteiger partial charge in [0.25, 0.3) is 5.91 Å². The van der Waals surface area contributed by atoms with E-state index in [1.807, 2.05) is 31.2 Å². The van der Waals surface area contributed by atoms with Crippen LogP contribution in [0.2, 0.25) is 0 Å². The number of nitrogens with zero attached hydrogens (tertiary/aromatic N) is 3. The third kappa shape index (κ3) is 3.75. The molecule has 0 fully saturated rings. The van der Waals surface area contributed by atoms with Gasteiger partial charge < -0.3 is 15.2 Å². The number of amides is 1. The first kappa shape index (κ1) is 15.7. The molecule has 7 nitrogen and oxygen atoms in total. The fraction of sp³-hybridized carbons (Fsp3) is 0.176. The molecule has 0 radical (unpaired) electrons. The molecule has 3 aromatic rings. The molecule has 2 heterocycles. The largest absolute Gasteiger partial charge is 0.360 e. The van der Waals surface area contributed by atoms with Crippen molar-refractivity contribution in [3.05, 3.63) is 65.3 Å². The van der Waals surface area contributed by atoms with Crippen LogP contribution in [-0.2, 0) is 6.54 Å². The number of benzene rings is 1. The molecule has 24 heavy (non-hydrogen) atoms. The normalized spacial score (nSPS) is 10.4. The second-order valence-electron chi connectivity index (χ2n) is 5.34. The number of carbonyl (C=O) groups excluding carboxylic acids is 1. The van der Waals surface area contributed by atoms with Gasteiger partial charge in [0, 0.05) is 12.6 Å². The lowest BCUT2D eigenvalue weighted by Gasteiger charge is -2.07. The maximum Gasteiger partial charge on any atom is 0.271 e. The summed E-state index contributed by atoms with van der Waals surface area (Å²) in [6.45, 7) is 4.25. The highest BCUT2D eigenvalue weighted by Crippen LogP contribution is 2.13. The number of hydrogen-bond donors (Lipinski definition) is 2. The summed E-state index contributed by atoms with van der Waals surface area (Å²) in [4.78, 5) is 20.4. The van der Waals surface area contributed by atoms with E-state index < -0.39 is 0 Å². The smallest absolute Gasteiger partial charge is 0.271 e. The Bertz CT molecular complexity index is 842. The second kappa shape index (κ2) is 6.91. The third-order valence-electron chi connectivity index (χ3n) is 3.47. The van der Waals surface area contributed by atoms with Crippen LogP contribution in [0.1, 0.15) is 27.4 Å². The zero-order valence-electron chi connectivity index (χ0n) is 13.4. The fourth-order valence-electron chi connectivity index (χ4n) is 2.14. The molecule has 0 atom stereocenters. The molecular weight excluding hydrogens is 306 g/mol. The Morgan fingerprint density at radius 3 is 2.62 bits per heavy atom. The van der Waals surface area contributed by atoms with Gasteiger partial charge >= 0.3 is 0 Å². The summed E-state index contributed by atoms with van der Waals surface area (Å²) in [5.74, 6) is 1.45. The van der Waals surface area contributed by atoms with Crippen LogP contribution >= 0.6 is 0 Å². The fourth-order valence-corrected chi connectivity index (χ4v) is 2.14. The predicted molar refractivity (Wildman–Crippen MR) is 88.9 cm³/mol. The number of rotatable bonds is 5. The minimum absolute atomic E-state index is 0.255. The van der Waals surface area contributed by atoms with E-state index in [-0.39, 0.29) is 11.6 Å². The number of anilines is 2. The van der Waals surface area contributed by atoms with Crippen molar-refractivity contribution >= 4 is 17.5 Å². The molecular formula is C17H17N5O2. The van der Waals surface area contributed by atoms with Crippen LogP contribution in [0.5, 0.6) is 0 Å². The Morgan fingerprint density at radius 2 is 1.96 bits per heavy atom.